The Morgan fingerprint density at radius 2 is 1.97 bits per heavy atom. The van der Waals surface area contributed by atoms with Crippen molar-refractivity contribution >= 4 is 29.3 Å². The molecule has 30 heavy (non-hydrogen) atoms. The highest BCUT2D eigenvalue weighted by Crippen LogP contribution is 2.15. The summed E-state index contributed by atoms with van der Waals surface area (Å²) in [5.41, 5.74) is 1.93. The van der Waals surface area contributed by atoms with E-state index in [1.807, 2.05) is 30.3 Å². The van der Waals surface area contributed by atoms with Gasteiger partial charge < -0.3 is 20.3 Å². The van der Waals surface area contributed by atoms with Gasteiger partial charge in [-0.15, -0.1) is 10.2 Å². The molecule has 1 unspecified atom stereocenters. The number of carbonyl (C=O) groups excluding carboxylic acids is 2. The maximum absolute atomic E-state index is 12.4. The molecular weight excluding hydrogens is 402 g/mol. The number of carbonyl (C=O) groups is 2. The maximum atomic E-state index is 12.4. The first-order valence-electron chi connectivity index (χ1n) is 9.38. The molecule has 0 aliphatic heterocycles. The quantitative estimate of drug-likeness (QED) is 0.452. The van der Waals surface area contributed by atoms with E-state index < -0.39 is 6.10 Å². The molecule has 9 heteroatoms. The molecule has 156 valence electrons. The van der Waals surface area contributed by atoms with Crippen LogP contribution in [0.1, 0.15) is 15.9 Å². The van der Waals surface area contributed by atoms with Gasteiger partial charge in [0.25, 0.3) is 5.91 Å². The van der Waals surface area contributed by atoms with Crippen LogP contribution in [0.15, 0.2) is 66.1 Å². The lowest BCUT2D eigenvalue weighted by atomic mass is 10.1. The average Bonchev–Trinajstić information content (AvgIpc) is 3.16. The number of aliphatic hydroxyl groups is 1. The molecule has 0 saturated heterocycles. The summed E-state index contributed by atoms with van der Waals surface area (Å²) < 4.78 is 1.73. The molecule has 0 saturated carbocycles. The van der Waals surface area contributed by atoms with Crippen molar-refractivity contribution in [3.63, 3.8) is 0 Å². The molecule has 0 aliphatic carbocycles. The van der Waals surface area contributed by atoms with Crippen molar-refractivity contribution in [2.24, 2.45) is 7.05 Å². The molecular formula is C21H23N5O3S. The number of anilines is 1. The van der Waals surface area contributed by atoms with Gasteiger partial charge in [-0.3, -0.25) is 9.59 Å². The van der Waals surface area contributed by atoms with Crippen LogP contribution in [0, 0.1) is 0 Å². The molecule has 0 spiro atoms. The van der Waals surface area contributed by atoms with Crippen LogP contribution in [0.2, 0.25) is 0 Å². The Kier molecular flexibility index (Phi) is 7.58. The molecule has 0 aliphatic rings. The number of aryl methyl sites for hydroxylation is 1. The van der Waals surface area contributed by atoms with Gasteiger partial charge in [0.05, 0.1) is 11.9 Å². The number of nitrogens with one attached hydrogen (secondary N) is 2. The number of aliphatic hydroxyl groups excluding tert-OH is 1. The summed E-state index contributed by atoms with van der Waals surface area (Å²) in [5.74, 6) is -0.347. The minimum absolute atomic E-state index is 0.138. The molecule has 1 aromatic heterocycles. The molecule has 2 aromatic carbocycles. The van der Waals surface area contributed by atoms with Crippen molar-refractivity contribution in [2.45, 2.75) is 17.7 Å². The van der Waals surface area contributed by atoms with Crippen LogP contribution in [0.5, 0.6) is 0 Å². The van der Waals surface area contributed by atoms with Crippen molar-refractivity contribution in [2.75, 3.05) is 17.6 Å². The van der Waals surface area contributed by atoms with E-state index in [0.717, 1.165) is 5.56 Å². The number of rotatable bonds is 9. The first-order valence-corrected chi connectivity index (χ1v) is 10.4. The van der Waals surface area contributed by atoms with Crippen LogP contribution in [0.25, 0.3) is 0 Å². The SMILES string of the molecule is Cn1cnnc1SCC(=O)Nc1cccc(C(=O)NCC(O)Cc2ccccc2)c1. The number of amides is 2. The molecule has 2 amide bonds. The normalized spacial score (nSPS) is 11.7. The highest BCUT2D eigenvalue weighted by atomic mass is 32.2. The first kappa shape index (κ1) is 21.5. The van der Waals surface area contributed by atoms with E-state index >= 15 is 0 Å². The summed E-state index contributed by atoms with van der Waals surface area (Å²) in [6.45, 7) is 0.138. The van der Waals surface area contributed by atoms with Crippen LogP contribution in [-0.4, -0.2) is 50.1 Å². The van der Waals surface area contributed by atoms with E-state index in [9.17, 15) is 14.7 Å². The topological polar surface area (TPSA) is 109 Å². The Hall–Kier alpha value is -3.17. The van der Waals surface area contributed by atoms with Crippen LogP contribution in [0.4, 0.5) is 5.69 Å². The Morgan fingerprint density at radius 1 is 1.17 bits per heavy atom. The predicted octanol–water partition coefficient (Wildman–Crippen LogP) is 1.88. The van der Waals surface area contributed by atoms with Gasteiger partial charge in [0, 0.05) is 31.3 Å². The molecule has 0 bridgehead atoms. The predicted molar refractivity (Wildman–Crippen MR) is 115 cm³/mol. The van der Waals surface area contributed by atoms with Gasteiger partial charge in [0.15, 0.2) is 5.16 Å². The van der Waals surface area contributed by atoms with E-state index in [0.29, 0.717) is 22.8 Å². The number of aromatic nitrogens is 3. The number of thioether (sulfide) groups is 1. The standard InChI is InChI=1S/C21H23N5O3S/c1-26-14-23-25-21(26)30-13-19(28)24-17-9-5-8-16(11-17)20(29)22-12-18(27)10-15-6-3-2-4-7-15/h2-9,11,14,18,27H,10,12-13H2,1H3,(H,22,29)(H,24,28). The highest BCUT2D eigenvalue weighted by molar-refractivity contribution is 7.99. The molecule has 3 N–H and O–H groups in total. The molecule has 1 heterocycles. The fourth-order valence-corrected chi connectivity index (χ4v) is 3.43. The van der Waals surface area contributed by atoms with Gasteiger partial charge in [0.2, 0.25) is 5.91 Å². The van der Waals surface area contributed by atoms with E-state index in [1.54, 1.807) is 42.2 Å². The van der Waals surface area contributed by atoms with Gasteiger partial charge in [-0.25, -0.2) is 0 Å². The maximum Gasteiger partial charge on any atom is 0.251 e. The minimum atomic E-state index is -0.683. The van der Waals surface area contributed by atoms with E-state index in [2.05, 4.69) is 20.8 Å². The van der Waals surface area contributed by atoms with Gasteiger partial charge in [-0.05, 0) is 23.8 Å². The second-order valence-electron chi connectivity index (χ2n) is 6.70. The van der Waals surface area contributed by atoms with Crippen molar-refractivity contribution in [1.29, 1.82) is 0 Å². The lowest BCUT2D eigenvalue weighted by molar-refractivity contribution is -0.113. The van der Waals surface area contributed by atoms with Crippen molar-refractivity contribution < 1.29 is 14.7 Å². The molecule has 8 nitrogen and oxygen atoms in total. The van der Waals surface area contributed by atoms with Crippen molar-refractivity contribution in [3.8, 4) is 0 Å². The monoisotopic (exact) mass is 425 g/mol. The average molecular weight is 426 g/mol. The Bertz CT molecular complexity index is 993. The third kappa shape index (κ3) is 6.43. The summed E-state index contributed by atoms with van der Waals surface area (Å²) in [6.07, 6.45) is 1.34. The van der Waals surface area contributed by atoms with Crippen LogP contribution >= 0.6 is 11.8 Å². The third-order valence-electron chi connectivity index (χ3n) is 4.22. The zero-order valence-electron chi connectivity index (χ0n) is 16.5. The van der Waals surface area contributed by atoms with Crippen molar-refractivity contribution in [1.82, 2.24) is 20.1 Å². The van der Waals surface area contributed by atoms with Crippen LogP contribution in [-0.2, 0) is 18.3 Å². The van der Waals surface area contributed by atoms with Crippen molar-refractivity contribution in [3.05, 3.63) is 72.1 Å². The number of benzene rings is 2. The lowest BCUT2D eigenvalue weighted by Crippen LogP contribution is -2.33. The van der Waals surface area contributed by atoms with Crippen LogP contribution < -0.4 is 10.6 Å². The second-order valence-corrected chi connectivity index (χ2v) is 7.64. The number of hydrogen-bond donors (Lipinski definition) is 3. The molecule has 0 fully saturated rings. The lowest BCUT2D eigenvalue weighted by Gasteiger charge is -2.12. The second kappa shape index (κ2) is 10.6. The summed E-state index contributed by atoms with van der Waals surface area (Å²) in [6, 6.07) is 16.3. The Balaban J connectivity index is 1.48. The van der Waals surface area contributed by atoms with Gasteiger partial charge >= 0.3 is 0 Å². The summed E-state index contributed by atoms with van der Waals surface area (Å²) in [5, 5.41) is 24.0. The smallest absolute Gasteiger partial charge is 0.251 e. The minimum Gasteiger partial charge on any atom is -0.391 e. The number of nitrogens with zero attached hydrogens (tertiary/aromatic N) is 3. The van der Waals surface area contributed by atoms with Gasteiger partial charge in [-0.2, -0.15) is 0 Å². The van der Waals surface area contributed by atoms with Crippen LogP contribution in [0.3, 0.4) is 0 Å². The molecule has 3 aromatic rings. The Labute approximate surface area is 178 Å². The molecule has 0 radical (unpaired) electrons. The molecule has 3 rings (SSSR count). The third-order valence-corrected chi connectivity index (χ3v) is 5.26. The zero-order valence-corrected chi connectivity index (χ0v) is 17.3. The highest BCUT2D eigenvalue weighted by Gasteiger charge is 2.12. The summed E-state index contributed by atoms with van der Waals surface area (Å²) in [7, 11) is 1.80. The van der Waals surface area contributed by atoms with Gasteiger partial charge in [0.1, 0.15) is 6.33 Å². The van der Waals surface area contributed by atoms with E-state index in [-0.39, 0.29) is 24.1 Å². The number of hydrogen-bond acceptors (Lipinski definition) is 6. The Morgan fingerprint density at radius 3 is 2.70 bits per heavy atom. The van der Waals surface area contributed by atoms with E-state index in [4.69, 9.17) is 0 Å². The summed E-state index contributed by atoms with van der Waals surface area (Å²) in [4.78, 5) is 24.6. The summed E-state index contributed by atoms with van der Waals surface area (Å²) >= 11 is 1.27. The fourth-order valence-electron chi connectivity index (χ4n) is 2.74. The van der Waals surface area contributed by atoms with Gasteiger partial charge in [-0.1, -0.05) is 48.2 Å². The van der Waals surface area contributed by atoms with E-state index in [1.165, 1.54) is 11.8 Å². The zero-order chi connectivity index (χ0) is 21.3. The largest absolute Gasteiger partial charge is 0.391 e. The fraction of sp³-hybridized carbons (Fsp3) is 0.238. The first-order chi connectivity index (χ1) is 14.5. The molecule has 1 atom stereocenters.